The Labute approximate surface area is 195 Å². The van der Waals surface area contributed by atoms with Gasteiger partial charge in [0.05, 0.1) is 21.1 Å². The van der Waals surface area contributed by atoms with Gasteiger partial charge in [0.2, 0.25) is 5.28 Å². The van der Waals surface area contributed by atoms with Crippen molar-refractivity contribution in [1.29, 1.82) is 0 Å². The molecule has 0 saturated carbocycles. The molecule has 3 nitrogen and oxygen atoms in total. The second-order valence-corrected chi connectivity index (χ2v) is 11.7. The molecule has 0 aliphatic rings. The molecule has 4 heteroatoms. The highest BCUT2D eigenvalue weighted by atomic mass is 31.1. The van der Waals surface area contributed by atoms with E-state index in [2.05, 4.69) is 19.1 Å². The molecule has 0 aliphatic heterocycles. The van der Waals surface area contributed by atoms with Crippen LogP contribution in [0.25, 0.3) is 0 Å². The lowest BCUT2D eigenvalue weighted by Crippen LogP contribution is -2.53. The Balaban J connectivity index is 3.52. The Morgan fingerprint density at radius 1 is 0.613 bits per heavy atom. The van der Waals surface area contributed by atoms with Gasteiger partial charge in [-0.05, 0) is 25.7 Å². The van der Waals surface area contributed by atoms with Gasteiger partial charge in [-0.15, -0.1) is 0 Å². The number of unbranched alkanes of at least 4 members (excludes halogenated alkanes) is 15. The molecule has 0 saturated heterocycles. The van der Waals surface area contributed by atoms with Crippen molar-refractivity contribution in [2.45, 2.75) is 141 Å². The minimum Gasteiger partial charge on any atom is -0.314 e. The molecule has 0 rings (SSSR count). The Hall–Kier alpha value is -0.400. The van der Waals surface area contributed by atoms with Gasteiger partial charge in [-0.1, -0.05) is 109 Å². The van der Waals surface area contributed by atoms with Gasteiger partial charge >= 0.3 is 7.68 Å². The fraction of sp³-hybridized carbons (Fsp3) is 0.926. The van der Waals surface area contributed by atoms with Crippen LogP contribution in [0.4, 0.5) is 0 Å². The topological polar surface area (TPSA) is 34.1 Å². The van der Waals surface area contributed by atoms with E-state index >= 15 is 0 Å². The second-order valence-electron chi connectivity index (χ2n) is 10.4. The van der Waals surface area contributed by atoms with Gasteiger partial charge in [0, 0.05) is 12.8 Å². The number of allylic oxidation sites excluding steroid dienone is 2. The minimum absolute atomic E-state index is 0.512. The van der Waals surface area contributed by atoms with E-state index in [-0.39, 0.29) is 0 Å². The summed E-state index contributed by atoms with van der Waals surface area (Å²) in [6.07, 6.45) is 28.6. The van der Waals surface area contributed by atoms with Crippen molar-refractivity contribution in [2.24, 2.45) is 0 Å². The Kier molecular flexibility index (Phi) is 18.9. The van der Waals surface area contributed by atoms with E-state index in [4.69, 9.17) is 0 Å². The number of hydrogen-bond acceptors (Lipinski definition) is 2. The fourth-order valence-electron chi connectivity index (χ4n) is 4.62. The van der Waals surface area contributed by atoms with E-state index in [1.807, 2.05) is 28.1 Å². The van der Waals surface area contributed by atoms with Crippen LogP contribution in [0.5, 0.6) is 0 Å². The lowest BCUT2D eigenvalue weighted by Gasteiger charge is -2.40. The highest BCUT2D eigenvalue weighted by molar-refractivity contribution is 7.32. The highest BCUT2D eigenvalue weighted by Gasteiger charge is 2.46. The maximum Gasteiger partial charge on any atom is 0.378 e. The molecule has 0 amide bonds. The van der Waals surface area contributed by atoms with Crippen LogP contribution >= 0.6 is 7.68 Å². The molecule has 0 aliphatic carbocycles. The lowest BCUT2D eigenvalue weighted by atomic mass is 10.0. The minimum atomic E-state index is -2.41. The molecular formula is C27H55NO2P+. The van der Waals surface area contributed by atoms with Crippen LogP contribution in [-0.4, -0.2) is 30.9 Å². The normalized spacial score (nSPS) is 14.2. The van der Waals surface area contributed by atoms with Crippen LogP contribution in [0.15, 0.2) is 12.2 Å². The van der Waals surface area contributed by atoms with E-state index in [0.29, 0.717) is 10.9 Å². The summed E-state index contributed by atoms with van der Waals surface area (Å²) >= 11 is 0. The SMILES string of the molecule is CCCCC=CCCCCCCCCCCCCCCCC(CC)(P(=O)=O)[N+](C)(C)C. The Morgan fingerprint density at radius 3 is 1.35 bits per heavy atom. The zero-order valence-electron chi connectivity index (χ0n) is 21.8. The van der Waals surface area contributed by atoms with E-state index in [0.717, 1.165) is 12.8 Å². The molecule has 0 aromatic rings. The molecule has 0 bridgehead atoms. The van der Waals surface area contributed by atoms with Crippen LogP contribution in [-0.2, 0) is 9.13 Å². The summed E-state index contributed by atoms with van der Waals surface area (Å²) in [7, 11) is 3.63. The molecular weight excluding hydrogens is 401 g/mol. The smallest absolute Gasteiger partial charge is 0.314 e. The molecule has 0 aromatic heterocycles. The molecule has 184 valence electrons. The van der Waals surface area contributed by atoms with Crippen molar-refractivity contribution >= 4 is 7.68 Å². The fourth-order valence-corrected chi connectivity index (χ4v) is 5.71. The molecule has 31 heavy (non-hydrogen) atoms. The Morgan fingerprint density at radius 2 is 1.00 bits per heavy atom. The van der Waals surface area contributed by atoms with Gasteiger partial charge < -0.3 is 4.48 Å². The van der Waals surface area contributed by atoms with Crippen molar-refractivity contribution in [1.82, 2.24) is 0 Å². The number of rotatable bonds is 22. The zero-order valence-corrected chi connectivity index (χ0v) is 22.7. The van der Waals surface area contributed by atoms with Gasteiger partial charge in [0.15, 0.2) is 0 Å². The largest absolute Gasteiger partial charge is 0.378 e. The van der Waals surface area contributed by atoms with Crippen molar-refractivity contribution in [3.63, 3.8) is 0 Å². The number of hydrogen-bond donors (Lipinski definition) is 0. The van der Waals surface area contributed by atoms with E-state index in [1.165, 1.54) is 103 Å². The van der Waals surface area contributed by atoms with Gasteiger partial charge in [0.1, 0.15) is 0 Å². The predicted octanol–water partition coefficient (Wildman–Crippen LogP) is 9.57. The van der Waals surface area contributed by atoms with Crippen LogP contribution in [0.2, 0.25) is 0 Å². The second kappa shape index (κ2) is 19.1. The molecule has 0 N–H and O–H groups in total. The van der Waals surface area contributed by atoms with E-state index in [9.17, 15) is 9.13 Å². The zero-order chi connectivity index (χ0) is 23.4. The first-order valence-electron chi connectivity index (χ1n) is 13.4. The Bertz CT molecular complexity index is 500. The van der Waals surface area contributed by atoms with Crippen LogP contribution in [0.3, 0.4) is 0 Å². The molecule has 0 heterocycles. The first-order valence-corrected chi connectivity index (χ1v) is 14.6. The van der Waals surface area contributed by atoms with Crippen molar-refractivity contribution in [3.05, 3.63) is 12.2 Å². The van der Waals surface area contributed by atoms with Crippen LogP contribution < -0.4 is 0 Å². The van der Waals surface area contributed by atoms with Crippen molar-refractivity contribution in [2.75, 3.05) is 21.1 Å². The first kappa shape index (κ1) is 30.6. The highest BCUT2D eigenvalue weighted by Crippen LogP contribution is 2.43. The summed E-state index contributed by atoms with van der Waals surface area (Å²) in [5.74, 6) is 0. The maximum absolute atomic E-state index is 11.9. The quantitative estimate of drug-likeness (QED) is 0.0703. The monoisotopic (exact) mass is 456 g/mol. The summed E-state index contributed by atoms with van der Waals surface area (Å²) in [5, 5.41) is -0.597. The van der Waals surface area contributed by atoms with Crippen molar-refractivity contribution < 1.29 is 13.6 Å². The summed E-state index contributed by atoms with van der Waals surface area (Å²) in [5.41, 5.74) is 0. The summed E-state index contributed by atoms with van der Waals surface area (Å²) in [4.78, 5) is 0. The molecule has 0 aromatic carbocycles. The van der Waals surface area contributed by atoms with E-state index < -0.39 is 13.0 Å². The standard InChI is InChI=1S/C27H55NO2P/c1-6-8-9-10-11-12-13-14-15-16-17-18-19-20-21-22-23-24-25-26-27(7-2,31(29)30)28(3,4)5/h10-11H,6-9,12-26H2,1-5H3/q+1. The van der Waals surface area contributed by atoms with Crippen LogP contribution in [0.1, 0.15) is 136 Å². The summed E-state index contributed by atoms with van der Waals surface area (Å²) in [6.45, 7) is 4.27. The first-order chi connectivity index (χ1) is 14.8. The molecule has 0 spiro atoms. The summed E-state index contributed by atoms with van der Waals surface area (Å²) < 4.78 is 24.4. The number of quaternary nitrogens is 1. The lowest BCUT2D eigenvalue weighted by molar-refractivity contribution is -0.908. The predicted molar refractivity (Wildman–Crippen MR) is 137 cm³/mol. The third-order valence-corrected chi connectivity index (χ3v) is 8.81. The van der Waals surface area contributed by atoms with Gasteiger partial charge in [0.25, 0.3) is 0 Å². The molecule has 0 radical (unpaired) electrons. The molecule has 1 atom stereocenters. The van der Waals surface area contributed by atoms with Gasteiger partial charge in [-0.25, -0.2) is 9.13 Å². The average Bonchev–Trinajstić information content (AvgIpc) is 2.71. The van der Waals surface area contributed by atoms with Crippen LogP contribution in [0, 0.1) is 0 Å². The summed E-state index contributed by atoms with van der Waals surface area (Å²) in [6, 6.07) is 0. The molecule has 1 unspecified atom stereocenters. The van der Waals surface area contributed by atoms with Gasteiger partial charge in [-0.3, -0.25) is 0 Å². The number of nitrogens with zero attached hydrogens (tertiary/aromatic N) is 1. The molecule has 0 fully saturated rings. The third kappa shape index (κ3) is 14.4. The maximum atomic E-state index is 11.9. The average molecular weight is 457 g/mol. The van der Waals surface area contributed by atoms with Gasteiger partial charge in [-0.2, -0.15) is 0 Å². The van der Waals surface area contributed by atoms with E-state index in [1.54, 1.807) is 0 Å². The van der Waals surface area contributed by atoms with Crippen molar-refractivity contribution in [3.8, 4) is 0 Å². The third-order valence-electron chi connectivity index (χ3n) is 6.99.